The fourth-order valence-corrected chi connectivity index (χ4v) is 2.09. The van der Waals surface area contributed by atoms with E-state index in [9.17, 15) is 9.18 Å². The number of rotatable bonds is 1. The zero-order chi connectivity index (χ0) is 11.1. The molecule has 2 aliphatic rings. The molecule has 0 radical (unpaired) electrons. The van der Waals surface area contributed by atoms with Crippen LogP contribution in [0, 0.1) is 5.82 Å². The average Bonchev–Trinajstić information content (AvgIpc) is 3.06. The van der Waals surface area contributed by atoms with Gasteiger partial charge in [0, 0.05) is 19.3 Å². The first-order chi connectivity index (χ1) is 7.75. The summed E-state index contributed by atoms with van der Waals surface area (Å²) in [5.74, 6) is -0.833. The molecule has 1 aromatic rings. The predicted octanol–water partition coefficient (Wildman–Crippen LogP) is 0.834. The molecule has 16 heavy (non-hydrogen) atoms. The molecule has 0 aliphatic carbocycles. The first-order valence-electron chi connectivity index (χ1n) is 5.30. The third-order valence-corrected chi connectivity index (χ3v) is 3.06. The highest BCUT2D eigenvalue weighted by atomic mass is 19.1. The molecule has 0 spiro atoms. The van der Waals surface area contributed by atoms with E-state index in [1.54, 1.807) is 4.90 Å². The van der Waals surface area contributed by atoms with Gasteiger partial charge in [0.25, 0.3) is 5.91 Å². The third kappa shape index (κ3) is 1.57. The van der Waals surface area contributed by atoms with Crippen LogP contribution in [0.15, 0.2) is 18.5 Å². The van der Waals surface area contributed by atoms with Crippen LogP contribution in [0.5, 0.6) is 0 Å². The van der Waals surface area contributed by atoms with Gasteiger partial charge in [-0.05, 0) is 12.5 Å². The number of ether oxygens (including phenoxy) is 1. The molecule has 1 amide bonds. The topological polar surface area (TPSA) is 45.7 Å². The molecule has 2 atom stereocenters. The average molecular weight is 222 g/mol. The maximum atomic E-state index is 13.4. The summed E-state index contributed by atoms with van der Waals surface area (Å²) in [5, 5.41) is 0. The molecule has 0 unspecified atom stereocenters. The quantitative estimate of drug-likeness (QED) is 0.661. The predicted molar refractivity (Wildman–Crippen MR) is 53.4 cm³/mol. The summed E-state index contributed by atoms with van der Waals surface area (Å²) in [7, 11) is 0. The number of fused-ring (bicyclic) bond motifs is 1. The lowest BCUT2D eigenvalue weighted by Crippen LogP contribution is -2.39. The summed E-state index contributed by atoms with van der Waals surface area (Å²) in [4.78, 5) is 17.3. The lowest BCUT2D eigenvalue weighted by atomic mass is 10.1. The monoisotopic (exact) mass is 222 g/mol. The van der Waals surface area contributed by atoms with Crippen LogP contribution in [0.4, 0.5) is 4.39 Å². The number of likely N-dealkylation sites (tertiary alicyclic amines) is 1. The first-order valence-corrected chi connectivity index (χ1v) is 5.30. The minimum atomic E-state index is -0.564. The Hall–Kier alpha value is -1.49. The van der Waals surface area contributed by atoms with E-state index in [1.165, 1.54) is 12.3 Å². The summed E-state index contributed by atoms with van der Waals surface area (Å²) < 4.78 is 18.7. The minimum absolute atomic E-state index is 0.0918. The number of aromatic nitrogens is 1. The molecule has 3 rings (SSSR count). The van der Waals surface area contributed by atoms with Gasteiger partial charge in [-0.1, -0.05) is 0 Å². The van der Waals surface area contributed by atoms with Gasteiger partial charge in [0.15, 0.2) is 5.82 Å². The maximum absolute atomic E-state index is 13.4. The Kier molecular flexibility index (Phi) is 2.14. The van der Waals surface area contributed by atoms with Crippen molar-refractivity contribution in [2.45, 2.75) is 18.6 Å². The Bertz CT molecular complexity index is 438. The molecular weight excluding hydrogens is 211 g/mol. The van der Waals surface area contributed by atoms with Crippen LogP contribution in [-0.4, -0.2) is 41.1 Å². The zero-order valence-electron chi connectivity index (χ0n) is 8.60. The molecule has 0 bridgehead atoms. The molecule has 5 heteroatoms. The van der Waals surface area contributed by atoms with E-state index in [0.29, 0.717) is 19.2 Å². The smallest absolute Gasteiger partial charge is 0.257 e. The van der Waals surface area contributed by atoms with Gasteiger partial charge < -0.3 is 9.64 Å². The molecular formula is C11H11FN2O2. The van der Waals surface area contributed by atoms with Gasteiger partial charge in [-0.3, -0.25) is 9.78 Å². The normalized spacial score (nSPS) is 27.4. The first kappa shape index (κ1) is 9.72. The van der Waals surface area contributed by atoms with Crippen LogP contribution in [0.2, 0.25) is 0 Å². The van der Waals surface area contributed by atoms with Gasteiger partial charge in [0.05, 0.1) is 17.9 Å². The van der Waals surface area contributed by atoms with Crippen molar-refractivity contribution in [1.29, 1.82) is 0 Å². The third-order valence-electron chi connectivity index (χ3n) is 3.06. The fourth-order valence-electron chi connectivity index (χ4n) is 2.09. The summed E-state index contributed by atoms with van der Waals surface area (Å²) in [6, 6.07) is 1.41. The minimum Gasteiger partial charge on any atom is -0.368 e. The van der Waals surface area contributed by atoms with Gasteiger partial charge in [0.1, 0.15) is 6.10 Å². The van der Waals surface area contributed by atoms with Crippen molar-refractivity contribution < 1.29 is 13.9 Å². The van der Waals surface area contributed by atoms with Crippen molar-refractivity contribution in [3.05, 3.63) is 29.8 Å². The van der Waals surface area contributed by atoms with E-state index >= 15 is 0 Å². The Morgan fingerprint density at radius 1 is 1.56 bits per heavy atom. The van der Waals surface area contributed by atoms with Crippen molar-refractivity contribution in [2.75, 3.05) is 13.1 Å². The number of pyridine rings is 1. The van der Waals surface area contributed by atoms with Gasteiger partial charge >= 0.3 is 0 Å². The van der Waals surface area contributed by atoms with Crippen LogP contribution in [0.25, 0.3) is 0 Å². The molecule has 2 fully saturated rings. The Morgan fingerprint density at radius 2 is 2.44 bits per heavy atom. The zero-order valence-corrected chi connectivity index (χ0v) is 8.60. The molecule has 2 aliphatic heterocycles. The highest BCUT2D eigenvalue weighted by Crippen LogP contribution is 2.31. The van der Waals surface area contributed by atoms with Crippen molar-refractivity contribution in [2.24, 2.45) is 0 Å². The summed E-state index contributed by atoms with van der Waals surface area (Å²) in [6.45, 7) is 1.22. The number of carbonyl (C=O) groups excluding carboxylic acids is 1. The highest BCUT2D eigenvalue weighted by Gasteiger charge is 2.44. The van der Waals surface area contributed by atoms with Crippen molar-refractivity contribution in [1.82, 2.24) is 9.88 Å². The van der Waals surface area contributed by atoms with E-state index in [2.05, 4.69) is 4.98 Å². The number of piperidine rings is 1. The number of hydrogen-bond donors (Lipinski definition) is 0. The van der Waals surface area contributed by atoms with Crippen LogP contribution in [0.1, 0.15) is 16.8 Å². The molecule has 0 N–H and O–H groups in total. The maximum Gasteiger partial charge on any atom is 0.257 e. The molecule has 0 aromatic carbocycles. The molecule has 4 nitrogen and oxygen atoms in total. The highest BCUT2D eigenvalue weighted by molar-refractivity contribution is 5.94. The van der Waals surface area contributed by atoms with E-state index < -0.39 is 5.82 Å². The molecule has 1 aromatic heterocycles. The van der Waals surface area contributed by atoms with Gasteiger partial charge in [-0.25, -0.2) is 4.39 Å². The lowest BCUT2D eigenvalue weighted by molar-refractivity contribution is 0.0731. The Labute approximate surface area is 92.0 Å². The lowest BCUT2D eigenvalue weighted by Gasteiger charge is -2.24. The van der Waals surface area contributed by atoms with Crippen LogP contribution in [-0.2, 0) is 4.74 Å². The largest absolute Gasteiger partial charge is 0.368 e. The number of halogens is 1. The fraction of sp³-hybridized carbons (Fsp3) is 0.455. The van der Waals surface area contributed by atoms with E-state index in [-0.39, 0.29) is 17.6 Å². The second-order valence-corrected chi connectivity index (χ2v) is 4.11. The van der Waals surface area contributed by atoms with E-state index in [1.807, 2.05) is 0 Å². The second kappa shape index (κ2) is 3.52. The summed E-state index contributed by atoms with van der Waals surface area (Å²) in [6.07, 6.45) is 3.84. The number of hydrogen-bond acceptors (Lipinski definition) is 3. The van der Waals surface area contributed by atoms with Crippen molar-refractivity contribution >= 4 is 5.91 Å². The summed E-state index contributed by atoms with van der Waals surface area (Å²) >= 11 is 0. The van der Waals surface area contributed by atoms with Crippen molar-refractivity contribution in [3.63, 3.8) is 0 Å². The number of nitrogens with zero attached hydrogens (tertiary/aromatic N) is 2. The number of carbonyl (C=O) groups is 1. The molecule has 3 heterocycles. The van der Waals surface area contributed by atoms with E-state index in [0.717, 1.165) is 12.6 Å². The van der Waals surface area contributed by atoms with Gasteiger partial charge in [-0.2, -0.15) is 0 Å². The van der Waals surface area contributed by atoms with E-state index in [4.69, 9.17) is 4.74 Å². The van der Waals surface area contributed by atoms with Crippen LogP contribution < -0.4 is 0 Å². The van der Waals surface area contributed by atoms with Crippen molar-refractivity contribution in [3.8, 4) is 0 Å². The van der Waals surface area contributed by atoms with Crippen LogP contribution in [0.3, 0.4) is 0 Å². The second-order valence-electron chi connectivity index (χ2n) is 4.11. The van der Waals surface area contributed by atoms with Gasteiger partial charge in [-0.15, -0.1) is 0 Å². The summed E-state index contributed by atoms with van der Waals surface area (Å²) in [5.41, 5.74) is 0.0918. The number of amides is 1. The standard InChI is InChI=1S/C11H11FN2O2/c12-8-5-13-3-1-7(8)11(15)14-4-2-9-10(6-14)16-9/h1,3,5,9-10H,2,4,6H2/t9-,10-/m1/s1. The molecule has 84 valence electrons. The number of epoxide rings is 1. The SMILES string of the molecule is O=C(c1ccncc1F)N1CC[C@H]2O[C@@H]2C1. The van der Waals surface area contributed by atoms with Gasteiger partial charge in [0.2, 0.25) is 0 Å². The molecule has 0 saturated carbocycles. The van der Waals surface area contributed by atoms with Crippen LogP contribution >= 0.6 is 0 Å². The Balaban J connectivity index is 1.79. The Morgan fingerprint density at radius 3 is 3.19 bits per heavy atom. The molecule has 2 saturated heterocycles.